The molecule has 0 saturated heterocycles. The van der Waals surface area contributed by atoms with Gasteiger partial charge in [-0.25, -0.2) is 9.97 Å². The van der Waals surface area contributed by atoms with Crippen LogP contribution in [0, 0.1) is 10.1 Å². The lowest BCUT2D eigenvalue weighted by Gasteiger charge is -2.09. The summed E-state index contributed by atoms with van der Waals surface area (Å²) in [6, 6.07) is 11.0. The molecule has 0 amide bonds. The van der Waals surface area contributed by atoms with Crippen molar-refractivity contribution in [2.24, 2.45) is 0 Å². The maximum Gasteiger partial charge on any atom is 0.326 e. The van der Waals surface area contributed by atoms with Gasteiger partial charge in [0.2, 0.25) is 6.79 Å². The number of hydrogen-bond acceptors (Lipinski definition) is 9. The second-order valence-corrected chi connectivity index (χ2v) is 7.57. The highest BCUT2D eigenvalue weighted by atomic mass is 32.1. The Morgan fingerprint density at radius 3 is 2.77 bits per heavy atom. The maximum absolute atomic E-state index is 11.2. The molecular weight excluding hydrogens is 406 g/mol. The molecule has 1 aliphatic heterocycles. The monoisotopic (exact) mass is 421 g/mol. The van der Waals surface area contributed by atoms with Crippen LogP contribution in [0.15, 0.2) is 48.8 Å². The van der Waals surface area contributed by atoms with Crippen molar-refractivity contribution < 1.29 is 14.4 Å². The van der Waals surface area contributed by atoms with Gasteiger partial charge in [-0.3, -0.25) is 15.1 Å². The summed E-state index contributed by atoms with van der Waals surface area (Å²) in [6.45, 7) is 0.829. The van der Waals surface area contributed by atoms with Gasteiger partial charge in [-0.2, -0.15) is 0 Å². The van der Waals surface area contributed by atoms with Gasteiger partial charge in [0.05, 0.1) is 10.3 Å². The normalized spacial score (nSPS) is 12.3. The van der Waals surface area contributed by atoms with Crippen LogP contribution in [-0.2, 0) is 6.42 Å². The van der Waals surface area contributed by atoms with Crippen LogP contribution in [0.25, 0.3) is 21.6 Å². The predicted molar refractivity (Wildman–Crippen MR) is 112 cm³/mol. The van der Waals surface area contributed by atoms with Crippen molar-refractivity contribution in [2.45, 2.75) is 6.42 Å². The van der Waals surface area contributed by atoms with Gasteiger partial charge in [0.15, 0.2) is 17.3 Å². The molecular formula is C20H15N5O4S. The van der Waals surface area contributed by atoms with Crippen molar-refractivity contribution in [1.29, 1.82) is 0 Å². The fraction of sp³-hybridized carbons (Fsp3) is 0.150. The highest BCUT2D eigenvalue weighted by Crippen LogP contribution is 2.35. The lowest BCUT2D eigenvalue weighted by molar-refractivity contribution is -0.380. The van der Waals surface area contributed by atoms with Gasteiger partial charge in [0.25, 0.3) is 0 Å². The number of ether oxygens (including phenoxy) is 2. The van der Waals surface area contributed by atoms with Crippen molar-refractivity contribution in [3.63, 3.8) is 0 Å². The number of nitro groups is 1. The highest BCUT2D eigenvalue weighted by Gasteiger charge is 2.18. The summed E-state index contributed by atoms with van der Waals surface area (Å²) in [4.78, 5) is 24.6. The molecule has 1 aromatic carbocycles. The Morgan fingerprint density at radius 1 is 1.10 bits per heavy atom. The smallest absolute Gasteiger partial charge is 0.326 e. The number of hydrogen-bond donors (Lipinski definition) is 1. The standard InChI is InChI=1S/C20H15N5O4S/c26-25(27)17-10-14-19(22-8-3-12-1-2-15-16(9-12)29-11-28-15)23-18(24-20(14)30-17)13-4-6-21-7-5-13/h1-2,4-7,9-10H,3,8,11H2,(H,22,23,24). The number of pyridine rings is 1. The molecule has 0 aliphatic carbocycles. The van der Waals surface area contributed by atoms with Gasteiger partial charge in [0, 0.05) is 30.6 Å². The molecule has 0 bridgehead atoms. The Hall–Kier alpha value is -3.79. The van der Waals surface area contributed by atoms with Crippen molar-refractivity contribution in [2.75, 3.05) is 18.7 Å². The third-order valence-electron chi connectivity index (χ3n) is 4.64. The topological polar surface area (TPSA) is 112 Å². The number of thiophene rings is 1. The van der Waals surface area contributed by atoms with Gasteiger partial charge < -0.3 is 14.8 Å². The molecule has 1 aliphatic rings. The van der Waals surface area contributed by atoms with Gasteiger partial charge in [-0.15, -0.1) is 0 Å². The quantitative estimate of drug-likeness (QED) is 0.367. The molecule has 10 heteroatoms. The van der Waals surface area contributed by atoms with Crippen molar-refractivity contribution >= 4 is 32.4 Å². The minimum atomic E-state index is -0.408. The van der Waals surface area contributed by atoms with Crippen LogP contribution in [0.3, 0.4) is 0 Å². The van der Waals surface area contributed by atoms with Crippen LogP contribution < -0.4 is 14.8 Å². The summed E-state index contributed by atoms with van der Waals surface area (Å²) in [5.41, 5.74) is 1.88. The number of aromatic nitrogens is 3. The molecule has 4 aromatic rings. The molecule has 9 nitrogen and oxygen atoms in total. The summed E-state index contributed by atoms with van der Waals surface area (Å²) in [5.74, 6) is 2.55. The number of fused-ring (bicyclic) bond motifs is 2. The summed E-state index contributed by atoms with van der Waals surface area (Å²) in [5, 5.41) is 15.2. The molecule has 4 heterocycles. The van der Waals surface area contributed by atoms with E-state index in [1.807, 2.05) is 18.2 Å². The van der Waals surface area contributed by atoms with Gasteiger partial charge in [0.1, 0.15) is 10.6 Å². The SMILES string of the molecule is O=[N+]([O-])c1cc2c(NCCc3ccc4c(c3)OCO4)nc(-c3ccncc3)nc2s1. The van der Waals surface area contributed by atoms with E-state index in [9.17, 15) is 10.1 Å². The molecule has 30 heavy (non-hydrogen) atoms. The fourth-order valence-corrected chi connectivity index (χ4v) is 4.03. The largest absolute Gasteiger partial charge is 0.454 e. The first-order valence-corrected chi connectivity index (χ1v) is 9.98. The summed E-state index contributed by atoms with van der Waals surface area (Å²) < 4.78 is 10.8. The second-order valence-electron chi connectivity index (χ2n) is 6.56. The minimum Gasteiger partial charge on any atom is -0.454 e. The minimum absolute atomic E-state index is 0.0324. The first kappa shape index (κ1) is 18.3. The molecule has 0 unspecified atom stereocenters. The molecule has 0 spiro atoms. The number of nitrogens with one attached hydrogen (secondary N) is 1. The average molecular weight is 421 g/mol. The lowest BCUT2D eigenvalue weighted by Crippen LogP contribution is -2.07. The van der Waals surface area contributed by atoms with Gasteiger partial charge in [-0.05, 0) is 47.6 Å². The Balaban J connectivity index is 1.43. The number of benzene rings is 1. The molecule has 0 radical (unpaired) electrons. The molecule has 0 atom stereocenters. The summed E-state index contributed by atoms with van der Waals surface area (Å²) >= 11 is 1.04. The van der Waals surface area contributed by atoms with E-state index in [0.717, 1.165) is 40.4 Å². The second kappa shape index (κ2) is 7.56. The average Bonchev–Trinajstić information content (AvgIpc) is 3.41. The van der Waals surface area contributed by atoms with E-state index < -0.39 is 4.92 Å². The van der Waals surface area contributed by atoms with Crippen LogP contribution in [0.4, 0.5) is 10.8 Å². The Labute approximate surface area is 174 Å². The van der Waals surface area contributed by atoms with Crippen molar-refractivity contribution in [3.8, 4) is 22.9 Å². The van der Waals surface area contributed by atoms with Crippen LogP contribution in [0.2, 0.25) is 0 Å². The Kier molecular flexibility index (Phi) is 4.60. The molecule has 1 N–H and O–H groups in total. The van der Waals surface area contributed by atoms with E-state index >= 15 is 0 Å². The number of rotatable bonds is 6. The van der Waals surface area contributed by atoms with E-state index in [1.165, 1.54) is 6.07 Å². The lowest BCUT2D eigenvalue weighted by atomic mass is 10.1. The van der Waals surface area contributed by atoms with Crippen LogP contribution >= 0.6 is 11.3 Å². The predicted octanol–water partition coefficient (Wildman–Crippen LogP) is 4.04. The van der Waals surface area contributed by atoms with Crippen LogP contribution in [-0.4, -0.2) is 33.2 Å². The van der Waals surface area contributed by atoms with E-state index in [-0.39, 0.29) is 11.8 Å². The third-order valence-corrected chi connectivity index (χ3v) is 5.62. The van der Waals surface area contributed by atoms with E-state index in [4.69, 9.17) is 9.47 Å². The summed E-state index contributed by atoms with van der Waals surface area (Å²) in [7, 11) is 0. The third kappa shape index (κ3) is 3.48. The van der Waals surface area contributed by atoms with E-state index in [2.05, 4.69) is 20.3 Å². The zero-order valence-corrected chi connectivity index (χ0v) is 16.4. The zero-order valence-electron chi connectivity index (χ0n) is 15.6. The van der Waals surface area contributed by atoms with E-state index in [1.54, 1.807) is 24.5 Å². The number of nitrogens with zero attached hydrogens (tertiary/aromatic N) is 4. The maximum atomic E-state index is 11.2. The van der Waals surface area contributed by atoms with Crippen LogP contribution in [0.1, 0.15) is 5.56 Å². The first-order chi connectivity index (χ1) is 14.7. The molecule has 150 valence electrons. The fourth-order valence-electron chi connectivity index (χ4n) is 3.19. The van der Waals surface area contributed by atoms with Gasteiger partial charge >= 0.3 is 5.00 Å². The van der Waals surface area contributed by atoms with Crippen molar-refractivity contribution in [1.82, 2.24) is 15.0 Å². The molecule has 3 aromatic heterocycles. The van der Waals surface area contributed by atoms with Crippen molar-refractivity contribution in [3.05, 3.63) is 64.5 Å². The Morgan fingerprint density at radius 2 is 1.93 bits per heavy atom. The molecule has 0 fully saturated rings. The zero-order chi connectivity index (χ0) is 20.5. The highest BCUT2D eigenvalue weighted by molar-refractivity contribution is 7.21. The Bertz CT molecular complexity index is 1240. The molecule has 0 saturated carbocycles. The van der Waals surface area contributed by atoms with Gasteiger partial charge in [-0.1, -0.05) is 6.07 Å². The van der Waals surface area contributed by atoms with Crippen LogP contribution in [0.5, 0.6) is 11.5 Å². The molecule has 5 rings (SSSR count). The number of anilines is 1. The van der Waals surface area contributed by atoms with E-state index in [0.29, 0.717) is 28.4 Å². The first-order valence-electron chi connectivity index (χ1n) is 9.16. The summed E-state index contributed by atoms with van der Waals surface area (Å²) in [6.07, 6.45) is 4.04.